The van der Waals surface area contributed by atoms with Gasteiger partial charge in [-0.25, -0.2) is 0 Å². The van der Waals surface area contributed by atoms with Gasteiger partial charge in [-0.05, 0) is 25.1 Å². The first-order valence-electron chi connectivity index (χ1n) is 8.40. The first kappa shape index (κ1) is 16.9. The summed E-state index contributed by atoms with van der Waals surface area (Å²) < 4.78 is 2.19. The van der Waals surface area contributed by atoms with Crippen LogP contribution in [0.1, 0.15) is 18.3 Å². The van der Waals surface area contributed by atoms with Gasteiger partial charge in [0.25, 0.3) is 0 Å². The minimum Gasteiger partial charge on any atom is -0.390 e. The molecule has 0 aliphatic carbocycles. The molecule has 3 aromatic rings. The van der Waals surface area contributed by atoms with Gasteiger partial charge in [0.15, 0.2) is 0 Å². The van der Waals surface area contributed by atoms with Crippen molar-refractivity contribution in [2.75, 3.05) is 0 Å². The lowest BCUT2D eigenvalue weighted by molar-refractivity contribution is 1.26. The summed E-state index contributed by atoms with van der Waals surface area (Å²) in [5.41, 5.74) is 5.54. The number of benzene rings is 1. The van der Waals surface area contributed by atoms with Gasteiger partial charge in [-0.15, -0.1) is 0 Å². The number of para-hydroxylation sites is 1. The van der Waals surface area contributed by atoms with Gasteiger partial charge in [0, 0.05) is 44.0 Å². The molecule has 0 bridgehead atoms. The zero-order chi connectivity index (χ0) is 18.0. The van der Waals surface area contributed by atoms with Crippen LogP contribution >= 0.6 is 0 Å². The third kappa shape index (κ3) is 2.53. The Morgan fingerprint density at radius 1 is 1.08 bits per heavy atom. The Morgan fingerprint density at radius 3 is 2.44 bits per heavy atom. The second-order valence-electron chi connectivity index (χ2n) is 5.75. The number of hydrogen-bond acceptors (Lipinski definition) is 0. The van der Waals surface area contributed by atoms with Gasteiger partial charge in [0.05, 0.1) is 0 Å². The van der Waals surface area contributed by atoms with Gasteiger partial charge in [0.2, 0.25) is 7.41 Å². The number of aromatic amines is 1. The average molecular weight is 325 g/mol. The minimum atomic E-state index is 1.00. The SMILES string of the molecule is C=C/C=c1/c(-c2c(C=C)n([B]C)c3ccccc23)c(C=C)[nH]/c1=C/C. The van der Waals surface area contributed by atoms with Crippen molar-refractivity contribution in [3.05, 3.63) is 72.0 Å². The molecular formula is C22H22BN2. The summed E-state index contributed by atoms with van der Waals surface area (Å²) in [5, 5.41) is 3.38. The van der Waals surface area contributed by atoms with E-state index in [0.29, 0.717) is 0 Å². The van der Waals surface area contributed by atoms with E-state index in [4.69, 9.17) is 0 Å². The molecule has 2 nitrogen and oxygen atoms in total. The molecule has 0 amide bonds. The highest BCUT2D eigenvalue weighted by Crippen LogP contribution is 2.35. The van der Waals surface area contributed by atoms with E-state index < -0.39 is 0 Å². The first-order valence-corrected chi connectivity index (χ1v) is 8.40. The van der Waals surface area contributed by atoms with Crippen LogP contribution in [0.2, 0.25) is 6.82 Å². The Hall–Kier alpha value is -2.94. The normalized spacial score (nSPS) is 12.6. The summed E-state index contributed by atoms with van der Waals surface area (Å²) in [4.78, 5) is 3.47. The predicted octanol–water partition coefficient (Wildman–Crippen LogP) is 4.20. The van der Waals surface area contributed by atoms with Crippen LogP contribution in [0.5, 0.6) is 0 Å². The molecule has 0 aliphatic heterocycles. The van der Waals surface area contributed by atoms with E-state index in [1.807, 2.05) is 38.1 Å². The van der Waals surface area contributed by atoms with Gasteiger partial charge in [0.1, 0.15) is 0 Å². The number of rotatable bonds is 5. The Morgan fingerprint density at radius 2 is 1.84 bits per heavy atom. The van der Waals surface area contributed by atoms with Crippen molar-refractivity contribution in [3.63, 3.8) is 0 Å². The molecule has 123 valence electrons. The van der Waals surface area contributed by atoms with Crippen LogP contribution in [0.3, 0.4) is 0 Å². The largest absolute Gasteiger partial charge is 0.390 e. The molecule has 0 spiro atoms. The molecule has 0 saturated heterocycles. The Labute approximate surface area is 149 Å². The molecule has 0 unspecified atom stereocenters. The van der Waals surface area contributed by atoms with Crippen LogP contribution < -0.4 is 10.6 Å². The number of hydrogen-bond donors (Lipinski definition) is 1. The van der Waals surface area contributed by atoms with Crippen molar-refractivity contribution < 1.29 is 0 Å². The van der Waals surface area contributed by atoms with Gasteiger partial charge in [-0.3, -0.25) is 0 Å². The second-order valence-corrected chi connectivity index (χ2v) is 5.75. The van der Waals surface area contributed by atoms with E-state index in [1.54, 1.807) is 0 Å². The molecule has 1 N–H and O–H groups in total. The minimum absolute atomic E-state index is 1.00. The highest BCUT2D eigenvalue weighted by atomic mass is 14.9. The number of aromatic nitrogens is 2. The molecule has 0 fully saturated rings. The molecule has 1 radical (unpaired) electrons. The quantitative estimate of drug-likeness (QED) is 0.679. The number of nitrogens with zero attached hydrogens (tertiary/aromatic N) is 1. The summed E-state index contributed by atoms with van der Waals surface area (Å²) in [6.07, 6.45) is 9.73. The van der Waals surface area contributed by atoms with Gasteiger partial charge < -0.3 is 9.46 Å². The van der Waals surface area contributed by atoms with E-state index in [2.05, 4.69) is 67.0 Å². The van der Waals surface area contributed by atoms with Crippen molar-refractivity contribution in [3.8, 4) is 11.1 Å². The summed E-state index contributed by atoms with van der Waals surface area (Å²) in [6.45, 7) is 16.0. The molecule has 0 atom stereocenters. The van der Waals surface area contributed by atoms with E-state index >= 15 is 0 Å². The van der Waals surface area contributed by atoms with Crippen molar-refractivity contribution in [1.29, 1.82) is 0 Å². The van der Waals surface area contributed by atoms with E-state index in [9.17, 15) is 0 Å². The van der Waals surface area contributed by atoms with Crippen LogP contribution in [0.4, 0.5) is 0 Å². The van der Waals surface area contributed by atoms with Crippen LogP contribution in [0.15, 0.2) is 50.1 Å². The van der Waals surface area contributed by atoms with Crippen molar-refractivity contribution in [2.45, 2.75) is 13.7 Å². The molecule has 2 heterocycles. The highest BCUT2D eigenvalue weighted by molar-refractivity contribution is 6.35. The van der Waals surface area contributed by atoms with E-state index in [-0.39, 0.29) is 0 Å². The third-order valence-corrected chi connectivity index (χ3v) is 4.53. The van der Waals surface area contributed by atoms with E-state index in [0.717, 1.165) is 38.6 Å². The zero-order valence-corrected chi connectivity index (χ0v) is 14.8. The molecule has 0 aliphatic rings. The van der Waals surface area contributed by atoms with Gasteiger partial charge in [-0.1, -0.05) is 63.0 Å². The summed E-state index contributed by atoms with van der Waals surface area (Å²) in [7, 11) is 2.08. The topological polar surface area (TPSA) is 20.7 Å². The lowest BCUT2D eigenvalue weighted by Crippen LogP contribution is -2.23. The smallest absolute Gasteiger partial charge is 0.249 e. The van der Waals surface area contributed by atoms with Crippen molar-refractivity contribution >= 4 is 42.6 Å². The number of fused-ring (bicyclic) bond motifs is 1. The molecule has 3 rings (SSSR count). The number of allylic oxidation sites excluding steroid dienone is 1. The molecule has 0 saturated carbocycles. The second kappa shape index (κ2) is 6.90. The standard InChI is InChI=1S/C22H22BN2/c1-6-12-15-17(7-2)24-18(8-3)21(15)22-16-13-10-11-14-20(16)25(23-5)19(22)9-4/h6-14,24H,1,3-4H2,2,5H3/b15-12+,17-7+. The Bertz CT molecular complexity index is 1090. The predicted molar refractivity (Wildman–Crippen MR) is 113 cm³/mol. The lowest BCUT2D eigenvalue weighted by Gasteiger charge is -2.06. The average Bonchev–Trinajstić information content (AvgIpc) is 3.15. The maximum atomic E-state index is 4.06. The first-order chi connectivity index (χ1) is 12.2. The van der Waals surface area contributed by atoms with Crippen molar-refractivity contribution in [2.24, 2.45) is 0 Å². The summed E-state index contributed by atoms with van der Waals surface area (Å²) in [5.74, 6) is 0. The van der Waals surface area contributed by atoms with Gasteiger partial charge >= 0.3 is 0 Å². The molecular weight excluding hydrogens is 303 g/mol. The molecule has 25 heavy (non-hydrogen) atoms. The van der Waals surface area contributed by atoms with Gasteiger partial charge in [-0.2, -0.15) is 0 Å². The fourth-order valence-electron chi connectivity index (χ4n) is 3.52. The fourth-order valence-corrected chi connectivity index (χ4v) is 3.52. The van der Waals surface area contributed by atoms with Crippen LogP contribution in [0.25, 0.3) is 46.3 Å². The van der Waals surface area contributed by atoms with Crippen LogP contribution in [0, 0.1) is 0 Å². The maximum Gasteiger partial charge on any atom is 0.249 e. The van der Waals surface area contributed by atoms with Crippen LogP contribution in [-0.4, -0.2) is 16.9 Å². The number of nitrogens with one attached hydrogen (secondary N) is 1. The maximum absolute atomic E-state index is 4.06. The van der Waals surface area contributed by atoms with Crippen molar-refractivity contribution in [1.82, 2.24) is 9.46 Å². The summed E-state index contributed by atoms with van der Waals surface area (Å²) in [6, 6.07) is 8.43. The summed E-state index contributed by atoms with van der Waals surface area (Å²) >= 11 is 0. The zero-order valence-electron chi connectivity index (χ0n) is 14.8. The molecule has 3 heteroatoms. The third-order valence-electron chi connectivity index (χ3n) is 4.53. The highest BCUT2D eigenvalue weighted by Gasteiger charge is 2.19. The van der Waals surface area contributed by atoms with Crippen LogP contribution in [-0.2, 0) is 0 Å². The van der Waals surface area contributed by atoms with E-state index in [1.165, 1.54) is 5.39 Å². The molecule has 1 aromatic carbocycles. The fraction of sp³-hybridized carbons (Fsp3) is 0.0909. The number of H-pyrrole nitrogens is 1. The monoisotopic (exact) mass is 325 g/mol. The Kier molecular flexibility index (Phi) is 4.66. The molecule has 2 aromatic heterocycles. The Balaban J connectivity index is 2.61. The lowest BCUT2D eigenvalue weighted by atomic mass is 9.97.